The van der Waals surface area contributed by atoms with Gasteiger partial charge in [-0.1, -0.05) is 15.9 Å². The largest absolute Gasteiger partial charge is 0.271 e. The summed E-state index contributed by atoms with van der Waals surface area (Å²) in [6, 6.07) is 4.74. The maximum atomic E-state index is 12.8. The maximum absolute atomic E-state index is 12.8. The zero-order chi connectivity index (χ0) is 8.27. The van der Waals surface area contributed by atoms with Crippen molar-refractivity contribution in [3.05, 3.63) is 34.1 Å². The highest BCUT2D eigenvalue weighted by molar-refractivity contribution is 9.10. The zero-order valence-electron chi connectivity index (χ0n) is 6.18. The topological polar surface area (TPSA) is 38.0 Å². The first kappa shape index (κ1) is 11.8. The number of nitrogens with one attached hydrogen (secondary N) is 1. The third-order valence-electron chi connectivity index (χ3n) is 1.30. The number of hydrazine groups is 1. The third-order valence-corrected chi connectivity index (χ3v) is 1.79. The Morgan fingerprint density at radius 1 is 1.50 bits per heavy atom. The fraction of sp³-hybridized carbons (Fsp3) is 0.143. The molecule has 1 rings (SSSR count). The molecule has 0 bridgehead atoms. The molecule has 0 heterocycles. The fourth-order valence-electron chi connectivity index (χ4n) is 0.789. The van der Waals surface area contributed by atoms with Gasteiger partial charge in [-0.05, 0) is 18.2 Å². The van der Waals surface area contributed by atoms with Gasteiger partial charge in [-0.25, -0.2) is 4.39 Å². The molecule has 0 aliphatic carbocycles. The molecule has 1 aromatic rings. The summed E-state index contributed by atoms with van der Waals surface area (Å²) < 4.78 is 13.7. The van der Waals surface area contributed by atoms with Crippen LogP contribution in [-0.2, 0) is 6.54 Å². The Bertz CT molecular complexity index is 257. The smallest absolute Gasteiger partial charge is 0.127 e. The van der Waals surface area contributed by atoms with Gasteiger partial charge in [-0.15, -0.1) is 12.4 Å². The molecule has 0 fully saturated rings. The van der Waals surface area contributed by atoms with Crippen molar-refractivity contribution in [1.29, 1.82) is 0 Å². The van der Waals surface area contributed by atoms with Gasteiger partial charge < -0.3 is 0 Å². The van der Waals surface area contributed by atoms with Crippen LogP contribution in [0, 0.1) is 5.82 Å². The molecule has 0 radical (unpaired) electrons. The molecule has 2 nitrogen and oxygen atoms in total. The molecular weight excluding hydrogens is 246 g/mol. The van der Waals surface area contributed by atoms with Gasteiger partial charge in [0, 0.05) is 16.6 Å². The van der Waals surface area contributed by atoms with Gasteiger partial charge in [-0.3, -0.25) is 11.3 Å². The summed E-state index contributed by atoms with van der Waals surface area (Å²) in [4.78, 5) is 0. The number of nitrogens with two attached hydrogens (primary N) is 1. The Morgan fingerprint density at radius 2 is 2.17 bits per heavy atom. The van der Waals surface area contributed by atoms with Crippen molar-refractivity contribution in [3.63, 3.8) is 0 Å². The molecule has 68 valence electrons. The molecular formula is C7H9BrClFN2. The van der Waals surface area contributed by atoms with Gasteiger partial charge in [0.1, 0.15) is 5.82 Å². The van der Waals surface area contributed by atoms with E-state index in [0.717, 1.165) is 4.47 Å². The predicted molar refractivity (Wildman–Crippen MR) is 52.4 cm³/mol. The first-order valence-electron chi connectivity index (χ1n) is 3.11. The quantitative estimate of drug-likeness (QED) is 0.626. The van der Waals surface area contributed by atoms with E-state index in [4.69, 9.17) is 5.84 Å². The van der Waals surface area contributed by atoms with Crippen LogP contribution < -0.4 is 11.3 Å². The van der Waals surface area contributed by atoms with Crippen molar-refractivity contribution in [3.8, 4) is 0 Å². The second kappa shape index (κ2) is 5.48. The maximum Gasteiger partial charge on any atom is 0.127 e. The van der Waals surface area contributed by atoms with Crippen LogP contribution in [0.3, 0.4) is 0 Å². The average Bonchev–Trinajstić information content (AvgIpc) is 1.98. The van der Waals surface area contributed by atoms with E-state index in [9.17, 15) is 4.39 Å². The summed E-state index contributed by atoms with van der Waals surface area (Å²) in [5, 5.41) is 0. The van der Waals surface area contributed by atoms with Crippen LogP contribution in [0.5, 0.6) is 0 Å². The highest BCUT2D eigenvalue weighted by Crippen LogP contribution is 2.14. The molecule has 0 aliphatic heterocycles. The van der Waals surface area contributed by atoms with Crippen molar-refractivity contribution in [2.45, 2.75) is 6.54 Å². The lowest BCUT2D eigenvalue weighted by Gasteiger charge is -2.01. The van der Waals surface area contributed by atoms with Crippen molar-refractivity contribution in [1.82, 2.24) is 5.43 Å². The van der Waals surface area contributed by atoms with Crippen LogP contribution in [-0.4, -0.2) is 0 Å². The van der Waals surface area contributed by atoms with Gasteiger partial charge in [-0.2, -0.15) is 0 Å². The van der Waals surface area contributed by atoms with Gasteiger partial charge in [0.15, 0.2) is 0 Å². The lowest BCUT2D eigenvalue weighted by Crippen LogP contribution is -2.21. The Labute approximate surface area is 84.8 Å². The van der Waals surface area contributed by atoms with Crippen LogP contribution in [0.2, 0.25) is 0 Å². The normalized spacial score (nSPS) is 9.25. The zero-order valence-corrected chi connectivity index (χ0v) is 8.58. The number of halogens is 3. The molecule has 0 unspecified atom stereocenters. The van der Waals surface area contributed by atoms with Crippen LogP contribution >= 0.6 is 28.3 Å². The highest BCUT2D eigenvalue weighted by atomic mass is 79.9. The Kier molecular flexibility index (Phi) is 5.41. The number of benzene rings is 1. The van der Waals surface area contributed by atoms with E-state index >= 15 is 0 Å². The second-order valence-corrected chi connectivity index (χ2v) is 3.03. The molecule has 12 heavy (non-hydrogen) atoms. The van der Waals surface area contributed by atoms with E-state index < -0.39 is 0 Å². The number of hydrogen-bond acceptors (Lipinski definition) is 2. The standard InChI is InChI=1S/C7H8BrFN2.ClH/c8-6-1-2-7(9)5(3-6)4-11-10;/h1-3,11H,4,10H2;1H. The summed E-state index contributed by atoms with van der Waals surface area (Å²) in [6.45, 7) is 0.339. The van der Waals surface area contributed by atoms with Crippen LogP contribution in [0.15, 0.2) is 22.7 Å². The van der Waals surface area contributed by atoms with E-state index in [-0.39, 0.29) is 18.2 Å². The summed E-state index contributed by atoms with van der Waals surface area (Å²) in [7, 11) is 0. The van der Waals surface area contributed by atoms with Crippen LogP contribution in [0.25, 0.3) is 0 Å². The first-order chi connectivity index (χ1) is 5.24. The molecule has 0 atom stereocenters. The summed E-state index contributed by atoms with van der Waals surface area (Å²) in [6.07, 6.45) is 0. The van der Waals surface area contributed by atoms with E-state index in [0.29, 0.717) is 12.1 Å². The fourth-order valence-corrected chi connectivity index (χ4v) is 1.20. The summed E-state index contributed by atoms with van der Waals surface area (Å²) in [5.74, 6) is 4.80. The molecule has 0 amide bonds. The number of hydrogen-bond donors (Lipinski definition) is 2. The van der Waals surface area contributed by atoms with E-state index in [1.54, 1.807) is 12.1 Å². The Morgan fingerprint density at radius 3 is 2.75 bits per heavy atom. The molecule has 0 spiro atoms. The molecule has 3 N–H and O–H groups in total. The average molecular weight is 256 g/mol. The minimum atomic E-state index is -0.244. The van der Waals surface area contributed by atoms with Gasteiger partial charge >= 0.3 is 0 Å². The van der Waals surface area contributed by atoms with E-state index in [1.165, 1.54) is 6.07 Å². The van der Waals surface area contributed by atoms with Crippen LogP contribution in [0.4, 0.5) is 4.39 Å². The minimum Gasteiger partial charge on any atom is -0.271 e. The van der Waals surface area contributed by atoms with Crippen molar-refractivity contribution < 1.29 is 4.39 Å². The van der Waals surface area contributed by atoms with Crippen molar-refractivity contribution >= 4 is 28.3 Å². The lowest BCUT2D eigenvalue weighted by molar-refractivity contribution is 0.593. The van der Waals surface area contributed by atoms with Gasteiger partial charge in [0.05, 0.1) is 0 Å². The first-order valence-corrected chi connectivity index (χ1v) is 3.90. The Balaban J connectivity index is 0.00000121. The molecule has 0 aliphatic rings. The van der Waals surface area contributed by atoms with E-state index in [2.05, 4.69) is 21.4 Å². The molecule has 5 heteroatoms. The predicted octanol–water partition coefficient (Wildman–Crippen LogP) is 1.97. The lowest BCUT2D eigenvalue weighted by atomic mass is 10.2. The molecule has 0 aromatic heterocycles. The number of rotatable bonds is 2. The summed E-state index contributed by atoms with van der Waals surface area (Å²) in [5.41, 5.74) is 2.95. The van der Waals surface area contributed by atoms with Crippen molar-refractivity contribution in [2.75, 3.05) is 0 Å². The SMILES string of the molecule is Cl.NNCc1cc(Br)ccc1F. The van der Waals surface area contributed by atoms with Crippen LogP contribution in [0.1, 0.15) is 5.56 Å². The second-order valence-electron chi connectivity index (χ2n) is 2.12. The molecule has 1 aromatic carbocycles. The molecule has 0 saturated heterocycles. The highest BCUT2D eigenvalue weighted by Gasteiger charge is 2.00. The molecule has 0 saturated carbocycles. The monoisotopic (exact) mass is 254 g/mol. The van der Waals surface area contributed by atoms with Gasteiger partial charge in [0.25, 0.3) is 0 Å². The third kappa shape index (κ3) is 3.06. The summed E-state index contributed by atoms with van der Waals surface area (Å²) >= 11 is 3.23. The van der Waals surface area contributed by atoms with Crippen molar-refractivity contribution in [2.24, 2.45) is 5.84 Å². The van der Waals surface area contributed by atoms with E-state index in [1.807, 2.05) is 0 Å². The minimum absolute atomic E-state index is 0. The Hall–Kier alpha value is -0.160. The van der Waals surface area contributed by atoms with Gasteiger partial charge in [0.2, 0.25) is 0 Å².